The maximum absolute atomic E-state index is 10.9. The Morgan fingerprint density at radius 3 is 3.00 bits per heavy atom. The lowest BCUT2D eigenvalue weighted by Crippen LogP contribution is -2.30. The zero-order valence-corrected chi connectivity index (χ0v) is 9.81. The van der Waals surface area contributed by atoms with Gasteiger partial charge in [-0.1, -0.05) is 6.07 Å². The molecule has 0 spiro atoms. The fourth-order valence-corrected chi connectivity index (χ4v) is 1.49. The lowest BCUT2D eigenvalue weighted by Gasteiger charge is -2.19. The molecule has 90 valence electrons. The molecule has 0 aliphatic heterocycles. The number of carbonyl (C=O) groups excluding carboxylic acids is 1. The van der Waals surface area contributed by atoms with Gasteiger partial charge in [0.05, 0.1) is 11.6 Å². The summed E-state index contributed by atoms with van der Waals surface area (Å²) in [5, 5.41) is 8.79. The number of carbonyl (C=O) groups is 1. The SMILES string of the molecule is CN(CCCC(=O)NN)c1cccc(C#N)c1. The Bertz CT molecular complexity index is 425. The number of rotatable bonds is 5. The fourth-order valence-electron chi connectivity index (χ4n) is 1.49. The van der Waals surface area contributed by atoms with E-state index in [0.29, 0.717) is 12.0 Å². The average Bonchev–Trinajstić information content (AvgIpc) is 2.38. The van der Waals surface area contributed by atoms with Gasteiger partial charge >= 0.3 is 0 Å². The zero-order chi connectivity index (χ0) is 12.7. The van der Waals surface area contributed by atoms with E-state index >= 15 is 0 Å². The van der Waals surface area contributed by atoms with Crippen molar-refractivity contribution in [1.82, 2.24) is 5.43 Å². The fraction of sp³-hybridized carbons (Fsp3) is 0.333. The van der Waals surface area contributed by atoms with Gasteiger partial charge in [0.15, 0.2) is 0 Å². The molecule has 0 unspecified atom stereocenters. The molecule has 5 nitrogen and oxygen atoms in total. The van der Waals surface area contributed by atoms with Crippen molar-refractivity contribution in [1.29, 1.82) is 5.26 Å². The highest BCUT2D eigenvalue weighted by molar-refractivity contribution is 5.75. The molecule has 1 rings (SSSR count). The quantitative estimate of drug-likeness (QED) is 0.446. The van der Waals surface area contributed by atoms with E-state index in [-0.39, 0.29) is 5.91 Å². The molecule has 0 heterocycles. The summed E-state index contributed by atoms with van der Waals surface area (Å²) in [6, 6.07) is 9.46. The van der Waals surface area contributed by atoms with Crippen molar-refractivity contribution in [3.8, 4) is 6.07 Å². The molecule has 0 fully saturated rings. The van der Waals surface area contributed by atoms with Crippen LogP contribution in [0.15, 0.2) is 24.3 Å². The molecule has 1 amide bonds. The molecule has 1 aromatic rings. The standard InChI is InChI=1S/C12H16N4O/c1-16(7-3-6-12(17)15-14)11-5-2-4-10(8-11)9-13/h2,4-5,8H,3,6-7,14H2,1H3,(H,15,17). The van der Waals surface area contributed by atoms with Gasteiger partial charge in [0, 0.05) is 25.7 Å². The predicted molar refractivity (Wildman–Crippen MR) is 66.0 cm³/mol. The molecule has 0 saturated carbocycles. The third-order valence-electron chi connectivity index (χ3n) is 2.47. The second-order valence-electron chi connectivity index (χ2n) is 3.75. The van der Waals surface area contributed by atoms with E-state index in [1.807, 2.05) is 30.1 Å². The van der Waals surface area contributed by atoms with E-state index in [1.165, 1.54) is 0 Å². The number of nitrogens with zero attached hydrogens (tertiary/aromatic N) is 2. The van der Waals surface area contributed by atoms with Crippen LogP contribution in [0, 0.1) is 11.3 Å². The van der Waals surface area contributed by atoms with Crippen LogP contribution in [0.5, 0.6) is 0 Å². The maximum atomic E-state index is 10.9. The number of hydrogen-bond donors (Lipinski definition) is 2. The Morgan fingerprint density at radius 1 is 1.59 bits per heavy atom. The lowest BCUT2D eigenvalue weighted by atomic mass is 10.2. The van der Waals surface area contributed by atoms with Crippen molar-refractivity contribution in [2.75, 3.05) is 18.5 Å². The zero-order valence-electron chi connectivity index (χ0n) is 9.81. The number of hydrogen-bond acceptors (Lipinski definition) is 4. The predicted octanol–water partition coefficient (Wildman–Crippen LogP) is 0.765. The van der Waals surface area contributed by atoms with Crippen LogP contribution in [-0.4, -0.2) is 19.5 Å². The molecule has 0 radical (unpaired) electrons. The van der Waals surface area contributed by atoms with E-state index in [4.69, 9.17) is 11.1 Å². The van der Waals surface area contributed by atoms with E-state index in [2.05, 4.69) is 11.5 Å². The highest BCUT2D eigenvalue weighted by atomic mass is 16.2. The summed E-state index contributed by atoms with van der Waals surface area (Å²) in [6.07, 6.45) is 1.12. The largest absolute Gasteiger partial charge is 0.375 e. The van der Waals surface area contributed by atoms with Crippen molar-refractivity contribution in [3.05, 3.63) is 29.8 Å². The van der Waals surface area contributed by atoms with Gasteiger partial charge in [-0.05, 0) is 24.6 Å². The first kappa shape index (κ1) is 13.0. The van der Waals surface area contributed by atoms with Crippen LogP contribution in [0.4, 0.5) is 5.69 Å². The topological polar surface area (TPSA) is 82.2 Å². The van der Waals surface area contributed by atoms with Crippen molar-refractivity contribution in [3.63, 3.8) is 0 Å². The van der Waals surface area contributed by atoms with Crippen LogP contribution in [0.3, 0.4) is 0 Å². The van der Waals surface area contributed by atoms with Crippen molar-refractivity contribution >= 4 is 11.6 Å². The molecule has 0 saturated heterocycles. The van der Waals surface area contributed by atoms with Crippen molar-refractivity contribution in [2.45, 2.75) is 12.8 Å². The highest BCUT2D eigenvalue weighted by Crippen LogP contribution is 2.14. The smallest absolute Gasteiger partial charge is 0.233 e. The Labute approximate surface area is 101 Å². The van der Waals surface area contributed by atoms with Crippen LogP contribution < -0.4 is 16.2 Å². The molecule has 1 aromatic carbocycles. The van der Waals surface area contributed by atoms with E-state index in [9.17, 15) is 4.79 Å². The minimum absolute atomic E-state index is 0.163. The molecule has 0 atom stereocenters. The van der Waals surface area contributed by atoms with E-state index < -0.39 is 0 Å². The van der Waals surface area contributed by atoms with Gasteiger partial charge in [-0.15, -0.1) is 0 Å². The molecule has 0 aliphatic carbocycles. The monoisotopic (exact) mass is 232 g/mol. The second-order valence-corrected chi connectivity index (χ2v) is 3.75. The Hall–Kier alpha value is -2.06. The molecule has 0 aromatic heterocycles. The summed E-state index contributed by atoms with van der Waals surface area (Å²) in [7, 11) is 1.93. The summed E-state index contributed by atoms with van der Waals surface area (Å²) >= 11 is 0. The van der Waals surface area contributed by atoms with Gasteiger partial charge in [0.1, 0.15) is 0 Å². The molecule has 0 aliphatic rings. The van der Waals surface area contributed by atoms with E-state index in [1.54, 1.807) is 6.07 Å². The number of nitrogens with two attached hydrogens (primary N) is 1. The first-order chi connectivity index (χ1) is 8.17. The average molecular weight is 232 g/mol. The van der Waals surface area contributed by atoms with Gasteiger partial charge in [-0.2, -0.15) is 5.26 Å². The van der Waals surface area contributed by atoms with E-state index in [0.717, 1.165) is 18.7 Å². The highest BCUT2D eigenvalue weighted by Gasteiger charge is 2.03. The molecule has 5 heteroatoms. The van der Waals surface area contributed by atoms with Crippen molar-refractivity contribution < 1.29 is 4.79 Å². The normalized spacial score (nSPS) is 9.47. The van der Waals surface area contributed by atoms with Gasteiger partial charge in [0.2, 0.25) is 5.91 Å². The summed E-state index contributed by atoms with van der Waals surface area (Å²) in [6.45, 7) is 0.738. The number of nitrogens with one attached hydrogen (secondary N) is 1. The Balaban J connectivity index is 2.49. The van der Waals surface area contributed by atoms with Crippen LogP contribution in [0.2, 0.25) is 0 Å². The van der Waals surface area contributed by atoms with Crippen molar-refractivity contribution in [2.24, 2.45) is 5.84 Å². The van der Waals surface area contributed by atoms with Gasteiger partial charge in [-0.3, -0.25) is 10.2 Å². The van der Waals surface area contributed by atoms with Crippen LogP contribution in [0.25, 0.3) is 0 Å². The first-order valence-electron chi connectivity index (χ1n) is 5.38. The number of anilines is 1. The van der Waals surface area contributed by atoms with Crippen LogP contribution in [0.1, 0.15) is 18.4 Å². The number of benzene rings is 1. The molecule has 17 heavy (non-hydrogen) atoms. The number of amides is 1. The van der Waals surface area contributed by atoms with Gasteiger partial charge in [-0.25, -0.2) is 5.84 Å². The third-order valence-corrected chi connectivity index (χ3v) is 2.47. The summed E-state index contributed by atoms with van der Waals surface area (Å²) < 4.78 is 0. The van der Waals surface area contributed by atoms with Crippen LogP contribution >= 0.6 is 0 Å². The Morgan fingerprint density at radius 2 is 2.35 bits per heavy atom. The van der Waals surface area contributed by atoms with Crippen LogP contribution in [-0.2, 0) is 4.79 Å². The second kappa shape index (κ2) is 6.51. The summed E-state index contributed by atoms with van der Waals surface area (Å²) in [4.78, 5) is 12.9. The molecule has 0 bridgehead atoms. The summed E-state index contributed by atoms with van der Waals surface area (Å²) in [5.74, 6) is 4.83. The first-order valence-corrected chi connectivity index (χ1v) is 5.38. The minimum atomic E-state index is -0.163. The minimum Gasteiger partial charge on any atom is -0.375 e. The van der Waals surface area contributed by atoms with Gasteiger partial charge < -0.3 is 4.90 Å². The lowest BCUT2D eigenvalue weighted by molar-refractivity contribution is -0.121. The maximum Gasteiger partial charge on any atom is 0.233 e. The van der Waals surface area contributed by atoms with Gasteiger partial charge in [0.25, 0.3) is 0 Å². The molecular weight excluding hydrogens is 216 g/mol. The molecule has 3 N–H and O–H groups in total. The Kier molecular flexibility index (Phi) is 4.98. The number of nitriles is 1. The number of hydrazine groups is 1. The summed E-state index contributed by atoms with van der Waals surface area (Å²) in [5.41, 5.74) is 3.70. The third kappa shape index (κ3) is 4.13. The molecular formula is C12H16N4O.